The molecule has 4 rings (SSSR count). The number of nitrogens with zero attached hydrogens (tertiary/aromatic N) is 1. The first-order chi connectivity index (χ1) is 18.2. The molecule has 0 heterocycles. The Kier molecular flexibility index (Phi) is 8.34. The third-order valence-corrected chi connectivity index (χ3v) is 7.00. The van der Waals surface area contributed by atoms with Gasteiger partial charge in [-0.3, -0.25) is 9.59 Å². The van der Waals surface area contributed by atoms with Crippen molar-refractivity contribution in [2.45, 2.75) is 37.5 Å². The van der Waals surface area contributed by atoms with E-state index in [2.05, 4.69) is 5.16 Å². The van der Waals surface area contributed by atoms with Gasteiger partial charge < -0.3 is 4.84 Å². The Labute approximate surface area is 226 Å². The molecule has 190 valence electrons. The van der Waals surface area contributed by atoms with E-state index in [1.807, 2.05) is 99.6 Å². The summed E-state index contributed by atoms with van der Waals surface area (Å²) in [7, 11) is 0. The first-order valence-electron chi connectivity index (χ1n) is 12.1. The van der Waals surface area contributed by atoms with Gasteiger partial charge in [-0.2, -0.15) is 0 Å². The molecule has 0 amide bonds. The molecule has 0 aliphatic heterocycles. The minimum absolute atomic E-state index is 0.00224. The second-order valence-corrected chi connectivity index (χ2v) is 10.1. The fraction of sp³-hybridized carbons (Fsp3) is 0.125. The summed E-state index contributed by atoms with van der Waals surface area (Å²) in [6, 6.07) is 27.9. The van der Waals surface area contributed by atoms with Crippen LogP contribution in [-0.2, 0) is 9.63 Å². The lowest BCUT2D eigenvalue weighted by Gasteiger charge is -2.10. The average molecular weight is 522 g/mol. The zero-order valence-corrected chi connectivity index (χ0v) is 22.5. The van der Waals surface area contributed by atoms with Gasteiger partial charge in [0.05, 0.1) is 0 Å². The summed E-state index contributed by atoms with van der Waals surface area (Å²) in [6.07, 6.45) is 0. The number of carbonyl (C=O) groups is 3. The lowest BCUT2D eigenvalue weighted by Crippen LogP contribution is -2.18. The van der Waals surface area contributed by atoms with Gasteiger partial charge in [-0.25, -0.2) is 4.79 Å². The van der Waals surface area contributed by atoms with Crippen molar-refractivity contribution in [1.82, 2.24) is 0 Å². The van der Waals surface area contributed by atoms with Gasteiger partial charge in [-0.1, -0.05) is 58.9 Å². The van der Waals surface area contributed by atoms with Crippen LogP contribution in [0.5, 0.6) is 0 Å². The van der Waals surface area contributed by atoms with Crippen molar-refractivity contribution in [3.63, 3.8) is 0 Å². The topological polar surface area (TPSA) is 72.8 Å². The quantitative estimate of drug-likeness (QED) is 0.107. The van der Waals surface area contributed by atoms with Crippen molar-refractivity contribution in [2.75, 3.05) is 0 Å². The number of hydrogen-bond acceptors (Lipinski definition) is 6. The molecule has 0 aliphatic rings. The van der Waals surface area contributed by atoms with Crippen LogP contribution in [0.4, 0.5) is 0 Å². The largest absolute Gasteiger partial charge is 0.332 e. The Hall–Kier alpha value is -4.29. The Balaban J connectivity index is 1.51. The minimum atomic E-state index is -0.598. The maximum Gasteiger partial charge on any atom is 0.332 e. The number of ketones is 2. The molecule has 0 unspecified atom stereocenters. The van der Waals surface area contributed by atoms with Crippen LogP contribution in [0.1, 0.15) is 55.5 Å². The third kappa shape index (κ3) is 6.33. The van der Waals surface area contributed by atoms with E-state index in [1.165, 1.54) is 18.7 Å². The smallest absolute Gasteiger partial charge is 0.318 e. The average Bonchev–Trinajstić information content (AvgIpc) is 2.91. The van der Waals surface area contributed by atoms with E-state index in [-0.39, 0.29) is 17.3 Å². The molecule has 4 aromatic rings. The summed E-state index contributed by atoms with van der Waals surface area (Å²) in [5.74, 6) is -0.938. The molecule has 0 saturated heterocycles. The van der Waals surface area contributed by atoms with E-state index < -0.39 is 5.97 Å². The second-order valence-electron chi connectivity index (χ2n) is 8.97. The molecule has 0 atom stereocenters. The molecule has 0 saturated carbocycles. The minimum Gasteiger partial charge on any atom is -0.318 e. The highest BCUT2D eigenvalue weighted by atomic mass is 32.2. The molecule has 0 radical (unpaired) electrons. The van der Waals surface area contributed by atoms with Crippen LogP contribution in [0, 0.1) is 20.8 Å². The highest BCUT2D eigenvalue weighted by Crippen LogP contribution is 2.29. The highest BCUT2D eigenvalue weighted by Gasteiger charge is 2.20. The number of oxime groups is 1. The van der Waals surface area contributed by atoms with Crippen molar-refractivity contribution in [2.24, 2.45) is 5.16 Å². The summed E-state index contributed by atoms with van der Waals surface area (Å²) >= 11 is 1.53. The zero-order valence-electron chi connectivity index (χ0n) is 21.6. The van der Waals surface area contributed by atoms with Gasteiger partial charge in [0.2, 0.25) is 5.78 Å². The van der Waals surface area contributed by atoms with E-state index in [9.17, 15) is 14.4 Å². The van der Waals surface area contributed by atoms with Crippen molar-refractivity contribution in [3.8, 4) is 0 Å². The molecule has 0 fully saturated rings. The number of carbonyl (C=O) groups excluding carboxylic acids is 3. The lowest BCUT2D eigenvalue weighted by atomic mass is 9.96. The Morgan fingerprint density at radius 3 is 1.87 bits per heavy atom. The van der Waals surface area contributed by atoms with E-state index in [1.54, 1.807) is 12.1 Å². The number of benzene rings is 4. The number of rotatable bonds is 8. The molecule has 0 bridgehead atoms. The molecular weight excluding hydrogens is 494 g/mol. The summed E-state index contributed by atoms with van der Waals surface area (Å²) in [5, 5.41) is 3.90. The van der Waals surface area contributed by atoms with Crippen LogP contribution in [-0.4, -0.2) is 23.2 Å². The molecule has 0 aliphatic carbocycles. The standard InChI is InChI=1S/C32H27NO4S/c1-20-9-10-22(3)29(19-20)30(33-37-23(4)34)32(36)25-13-17-27(18-14-25)38-26-15-11-24(12-16-26)31(35)28-8-6-5-7-21(28)2/h5-19H,1-4H3/b33-30+. The van der Waals surface area contributed by atoms with Gasteiger partial charge >= 0.3 is 5.97 Å². The maximum atomic E-state index is 13.4. The molecule has 0 N–H and O–H groups in total. The van der Waals surface area contributed by atoms with Crippen LogP contribution < -0.4 is 0 Å². The van der Waals surface area contributed by atoms with Crippen molar-refractivity contribution in [3.05, 3.63) is 130 Å². The maximum absolute atomic E-state index is 13.4. The predicted octanol–water partition coefficient (Wildman–Crippen LogP) is 7.14. The zero-order chi connectivity index (χ0) is 27.2. The molecule has 38 heavy (non-hydrogen) atoms. The van der Waals surface area contributed by atoms with E-state index >= 15 is 0 Å². The van der Waals surface area contributed by atoms with Gasteiger partial charge in [-0.15, -0.1) is 0 Å². The van der Waals surface area contributed by atoms with Gasteiger partial charge in [-0.05, 0) is 86.5 Å². The van der Waals surface area contributed by atoms with Crippen molar-refractivity contribution in [1.29, 1.82) is 0 Å². The lowest BCUT2D eigenvalue weighted by molar-refractivity contribution is -0.140. The van der Waals surface area contributed by atoms with E-state index in [0.717, 1.165) is 26.5 Å². The molecule has 0 aromatic heterocycles. The molecule has 4 aromatic carbocycles. The van der Waals surface area contributed by atoms with Crippen LogP contribution in [0.2, 0.25) is 0 Å². The van der Waals surface area contributed by atoms with Crippen LogP contribution in [0.15, 0.2) is 106 Å². The van der Waals surface area contributed by atoms with Gasteiger partial charge in [0.1, 0.15) is 0 Å². The fourth-order valence-electron chi connectivity index (χ4n) is 3.92. The van der Waals surface area contributed by atoms with Gasteiger partial charge in [0, 0.05) is 39.0 Å². The molecule has 0 spiro atoms. The summed E-state index contributed by atoms with van der Waals surface area (Å²) in [5.41, 5.74) is 5.23. The van der Waals surface area contributed by atoms with E-state index in [4.69, 9.17) is 4.84 Å². The van der Waals surface area contributed by atoms with Gasteiger partial charge in [0.25, 0.3) is 0 Å². The highest BCUT2D eigenvalue weighted by molar-refractivity contribution is 7.99. The Bertz CT molecular complexity index is 1540. The predicted molar refractivity (Wildman–Crippen MR) is 150 cm³/mol. The van der Waals surface area contributed by atoms with E-state index in [0.29, 0.717) is 22.3 Å². The second kappa shape index (κ2) is 11.8. The van der Waals surface area contributed by atoms with Crippen molar-refractivity contribution >= 4 is 35.0 Å². The number of aryl methyl sites for hydroxylation is 3. The molecule has 5 nitrogen and oxygen atoms in total. The van der Waals surface area contributed by atoms with Crippen molar-refractivity contribution < 1.29 is 19.2 Å². The van der Waals surface area contributed by atoms with Crippen LogP contribution >= 0.6 is 11.8 Å². The van der Waals surface area contributed by atoms with Gasteiger partial charge in [0.15, 0.2) is 11.5 Å². The molecular formula is C32H27NO4S. The normalized spacial score (nSPS) is 11.2. The Morgan fingerprint density at radius 2 is 1.26 bits per heavy atom. The van der Waals surface area contributed by atoms with Crippen LogP contribution in [0.25, 0.3) is 0 Å². The monoisotopic (exact) mass is 521 g/mol. The first-order valence-corrected chi connectivity index (χ1v) is 12.9. The first kappa shape index (κ1) is 26.8. The summed E-state index contributed by atoms with van der Waals surface area (Å²) in [4.78, 5) is 44.4. The Morgan fingerprint density at radius 1 is 0.684 bits per heavy atom. The summed E-state index contributed by atoms with van der Waals surface area (Å²) in [6.45, 7) is 6.98. The number of hydrogen-bond donors (Lipinski definition) is 0. The van der Waals surface area contributed by atoms with Crippen LogP contribution in [0.3, 0.4) is 0 Å². The SMILES string of the molecule is CC(=O)O/N=C(/C(=O)c1ccc(Sc2ccc(C(=O)c3ccccc3C)cc2)cc1)c1cc(C)ccc1C. The third-order valence-electron chi connectivity index (χ3n) is 5.99. The number of Topliss-reactive ketones (excluding diaryl/α,β-unsaturated/α-hetero) is 1. The summed E-state index contributed by atoms with van der Waals surface area (Å²) < 4.78 is 0. The fourth-order valence-corrected chi connectivity index (χ4v) is 4.73. The molecule has 6 heteroatoms.